The summed E-state index contributed by atoms with van der Waals surface area (Å²) < 4.78 is 72.6. The lowest BCUT2D eigenvalue weighted by atomic mass is 9.84. The van der Waals surface area contributed by atoms with E-state index in [0.29, 0.717) is 16.7 Å². The van der Waals surface area contributed by atoms with E-state index in [0.717, 1.165) is 49.0 Å². The van der Waals surface area contributed by atoms with Crippen molar-refractivity contribution in [2.45, 2.75) is 6.42 Å². The molecule has 0 heteroatoms. The van der Waals surface area contributed by atoms with Crippen molar-refractivity contribution < 1.29 is 11.0 Å². The summed E-state index contributed by atoms with van der Waals surface area (Å²) in [7, 11) is 0. The lowest BCUT2D eigenvalue weighted by molar-refractivity contribution is 1.26. The molecule has 0 radical (unpaired) electrons. The van der Waals surface area contributed by atoms with Crippen molar-refractivity contribution in [3.05, 3.63) is 181 Å². The number of hydrogen-bond acceptors (Lipinski definition) is 0. The Kier molecular flexibility index (Phi) is 4.38. The maximum atomic E-state index is 9.35. The first-order chi connectivity index (χ1) is 25.6. The average Bonchev–Trinajstić information content (AvgIpc) is 3.19. The molecule has 9 aromatic rings. The second kappa shape index (κ2) is 10.5. The van der Waals surface area contributed by atoms with Gasteiger partial charge in [-0.2, -0.15) is 0 Å². The molecule has 0 aromatic heterocycles. The van der Waals surface area contributed by atoms with Gasteiger partial charge in [0.2, 0.25) is 0 Å². The Morgan fingerprint density at radius 3 is 1.71 bits per heavy atom. The smallest absolute Gasteiger partial charge is 0.0616 e. The highest BCUT2D eigenvalue weighted by Crippen LogP contribution is 2.42. The molecule has 210 valence electrons. The van der Waals surface area contributed by atoms with Gasteiger partial charge in [0.25, 0.3) is 0 Å². The largest absolute Gasteiger partial charge is 0.0629 e. The molecule has 9 aromatic carbocycles. The molecule has 0 saturated carbocycles. The minimum atomic E-state index is -0.406. The van der Waals surface area contributed by atoms with Crippen molar-refractivity contribution >= 4 is 53.9 Å². The maximum absolute atomic E-state index is 9.35. The van der Waals surface area contributed by atoms with Crippen molar-refractivity contribution in [2.24, 2.45) is 0 Å². The van der Waals surface area contributed by atoms with E-state index >= 15 is 0 Å². The minimum absolute atomic E-state index is 0.167. The lowest BCUT2D eigenvalue weighted by Crippen LogP contribution is -1.97. The van der Waals surface area contributed by atoms with Gasteiger partial charge in [-0.05, 0) is 106 Å². The van der Waals surface area contributed by atoms with Gasteiger partial charge in [-0.25, -0.2) is 0 Å². The summed E-state index contributed by atoms with van der Waals surface area (Å²) in [4.78, 5) is 0. The van der Waals surface area contributed by atoms with Gasteiger partial charge in [0.1, 0.15) is 0 Å². The second-order valence-corrected chi connectivity index (χ2v) is 11.5. The molecule has 0 nitrogen and oxygen atoms in total. The zero-order valence-electron chi connectivity index (χ0n) is 32.3. The van der Waals surface area contributed by atoms with Gasteiger partial charge in [-0.3, -0.25) is 0 Å². The van der Waals surface area contributed by atoms with Crippen LogP contribution in [0.4, 0.5) is 0 Å². The highest BCUT2D eigenvalue weighted by Gasteiger charge is 2.17. The van der Waals surface area contributed by atoms with E-state index in [1.165, 1.54) is 0 Å². The summed E-state index contributed by atoms with van der Waals surface area (Å²) in [6.45, 7) is 0. The Balaban J connectivity index is 1.43. The summed E-state index contributed by atoms with van der Waals surface area (Å²) in [5.74, 6) is 0. The molecule has 0 unspecified atom stereocenters. The normalized spacial score (nSPS) is 14.1. The van der Waals surface area contributed by atoms with Gasteiger partial charge in [-0.15, -0.1) is 0 Å². The Bertz CT molecular complexity index is 2940. The molecule has 0 fully saturated rings. The highest BCUT2D eigenvalue weighted by molar-refractivity contribution is 6.16. The van der Waals surface area contributed by atoms with E-state index in [9.17, 15) is 5.48 Å². The number of fused-ring (bicyclic) bond motifs is 6. The van der Waals surface area contributed by atoms with Crippen LogP contribution in [0.3, 0.4) is 0 Å². The van der Waals surface area contributed by atoms with Crippen molar-refractivity contribution in [3.63, 3.8) is 0 Å². The molecule has 0 aliphatic heterocycles. The quantitative estimate of drug-likeness (QED) is 0.144. The molecule has 0 atom stereocenters. The fraction of sp³-hybridized carbons (Fsp3) is 0.0222. The van der Waals surface area contributed by atoms with Gasteiger partial charge in [0.05, 0.1) is 11.0 Å². The van der Waals surface area contributed by atoms with Crippen LogP contribution >= 0.6 is 0 Å². The first-order valence-corrected chi connectivity index (χ1v) is 15.1. The van der Waals surface area contributed by atoms with Crippen LogP contribution in [0.2, 0.25) is 0 Å². The van der Waals surface area contributed by atoms with Gasteiger partial charge >= 0.3 is 0 Å². The Morgan fingerprint density at radius 1 is 0.378 bits per heavy atom. The van der Waals surface area contributed by atoms with Crippen LogP contribution in [0.15, 0.2) is 170 Å². The first kappa shape index (κ1) is 18.8. The van der Waals surface area contributed by atoms with Gasteiger partial charge in [0.15, 0.2) is 0 Å². The van der Waals surface area contributed by atoms with Crippen LogP contribution in [0, 0.1) is 0 Å². The fourth-order valence-electron chi connectivity index (χ4n) is 6.86. The van der Waals surface area contributed by atoms with Crippen molar-refractivity contribution in [1.82, 2.24) is 0 Å². The molecule has 0 heterocycles. The summed E-state index contributed by atoms with van der Waals surface area (Å²) in [5.41, 5.74) is 4.06. The van der Waals surface area contributed by atoms with Crippen LogP contribution in [0.1, 0.15) is 22.1 Å². The van der Waals surface area contributed by atoms with E-state index in [2.05, 4.69) is 36.4 Å². The average molecular weight is 579 g/mol. The van der Waals surface area contributed by atoms with Gasteiger partial charge in [-0.1, -0.05) is 158 Å². The highest BCUT2D eigenvalue weighted by atomic mass is 14.2. The molecule has 0 amide bonds. The monoisotopic (exact) mass is 578 g/mol. The zero-order valence-corrected chi connectivity index (χ0v) is 24.3. The Hall–Kier alpha value is -5.72. The molecule has 0 N–H and O–H groups in total. The van der Waals surface area contributed by atoms with Crippen LogP contribution in [0.25, 0.3) is 76.1 Å². The summed E-state index contributed by atoms with van der Waals surface area (Å²) in [5, 5.41) is 7.18. The topological polar surface area (TPSA) is 0 Å². The van der Waals surface area contributed by atoms with Crippen molar-refractivity contribution in [2.75, 3.05) is 0 Å². The molecule has 9 rings (SSSR count). The zero-order chi connectivity index (χ0) is 36.7. The van der Waals surface area contributed by atoms with E-state index < -0.39 is 24.2 Å². The van der Waals surface area contributed by atoms with Gasteiger partial charge < -0.3 is 0 Å². The number of benzene rings is 9. The Morgan fingerprint density at radius 2 is 0.956 bits per heavy atom. The lowest BCUT2D eigenvalue weighted by Gasteiger charge is -2.19. The SMILES string of the molecule is [2H]c1c([2H])c([2H])c2c(-c3cccc(-c4ccc5ccccc5c4)c3)c3c([2H])c([2H])c([2H])c([2H])c3c(Cc3cc4ccccc4c4ccccc34)c2c1[2H]. The predicted octanol–water partition coefficient (Wildman–Crippen LogP) is 12.4. The molecule has 45 heavy (non-hydrogen) atoms. The van der Waals surface area contributed by atoms with E-state index in [4.69, 9.17) is 5.48 Å². The van der Waals surface area contributed by atoms with E-state index in [-0.39, 0.29) is 52.1 Å². The van der Waals surface area contributed by atoms with Crippen LogP contribution in [0.5, 0.6) is 0 Å². The van der Waals surface area contributed by atoms with Crippen LogP contribution < -0.4 is 0 Å². The molecule has 0 spiro atoms. The minimum Gasteiger partial charge on any atom is -0.0616 e. The molecule has 0 saturated heterocycles. The number of rotatable bonds is 4. The fourth-order valence-corrected chi connectivity index (χ4v) is 6.86. The standard InChI is InChI=1S/C45H30/c1-2-13-31-26-33(25-24-30(31)12-1)32-15-11-16-35(27-32)45-42-22-9-7-20-40(42)44(41-21-8-10-23-43(41)45)29-36-28-34-14-3-4-17-37(34)39-19-6-5-18-38(36)39/h1-28H,29H2/i7D,8D,9D,10D,20D,21D,22D,23D. The third-order valence-electron chi connectivity index (χ3n) is 8.93. The molecule has 0 aliphatic rings. The van der Waals surface area contributed by atoms with Crippen molar-refractivity contribution in [3.8, 4) is 22.3 Å². The number of hydrogen-bond donors (Lipinski definition) is 0. The second-order valence-electron chi connectivity index (χ2n) is 11.5. The molecule has 0 bridgehead atoms. The molecule has 0 aliphatic carbocycles. The Labute approximate surface area is 274 Å². The van der Waals surface area contributed by atoms with Gasteiger partial charge in [0, 0.05) is 0 Å². The molecular formula is C45H30. The first-order valence-electron chi connectivity index (χ1n) is 19.1. The van der Waals surface area contributed by atoms with E-state index in [1.54, 1.807) is 0 Å². The molecular weight excluding hydrogens is 540 g/mol. The maximum Gasteiger partial charge on any atom is 0.0629 e. The summed E-state index contributed by atoms with van der Waals surface area (Å²) >= 11 is 0. The third kappa shape index (κ3) is 4.30. The van der Waals surface area contributed by atoms with E-state index in [1.807, 2.05) is 84.9 Å². The third-order valence-corrected chi connectivity index (χ3v) is 8.93. The van der Waals surface area contributed by atoms with Crippen LogP contribution in [-0.2, 0) is 6.42 Å². The summed E-state index contributed by atoms with van der Waals surface area (Å²) in [6.07, 6.45) is 0.167. The predicted molar refractivity (Wildman–Crippen MR) is 194 cm³/mol. The summed E-state index contributed by atoms with van der Waals surface area (Å²) in [6, 6.07) is 37.5. The van der Waals surface area contributed by atoms with Crippen molar-refractivity contribution in [1.29, 1.82) is 0 Å². The van der Waals surface area contributed by atoms with Crippen LogP contribution in [-0.4, -0.2) is 0 Å².